The summed E-state index contributed by atoms with van der Waals surface area (Å²) in [7, 11) is 3.20. The second-order valence-electron chi connectivity index (χ2n) is 1.76. The molecule has 1 aromatic rings. The molecule has 0 atom stereocenters. The summed E-state index contributed by atoms with van der Waals surface area (Å²) in [6.45, 7) is 0. The summed E-state index contributed by atoms with van der Waals surface area (Å²) in [5, 5.41) is 0. The Bertz CT molecular complexity index is 195. The van der Waals surface area contributed by atoms with Crippen molar-refractivity contribution in [2.24, 2.45) is 0 Å². The SMILES string of the molecule is COc1cccc(SBr)c1. The average molecular weight is 219 g/mol. The van der Waals surface area contributed by atoms with E-state index in [0.717, 1.165) is 10.6 Å². The summed E-state index contributed by atoms with van der Waals surface area (Å²) in [6, 6.07) is 7.87. The lowest BCUT2D eigenvalue weighted by Gasteiger charge is -1.99. The molecule has 0 fully saturated rings. The molecule has 0 bridgehead atoms. The fourth-order valence-electron chi connectivity index (χ4n) is 0.649. The van der Waals surface area contributed by atoms with Crippen LogP contribution in [0.15, 0.2) is 29.2 Å². The maximum Gasteiger partial charge on any atom is 0.120 e. The van der Waals surface area contributed by atoms with Gasteiger partial charge < -0.3 is 4.74 Å². The predicted octanol–water partition coefficient (Wildman–Crippen LogP) is 3.10. The minimum atomic E-state index is 0.893. The van der Waals surface area contributed by atoms with Crippen LogP contribution in [0, 0.1) is 0 Å². The molecule has 0 spiro atoms. The van der Waals surface area contributed by atoms with Gasteiger partial charge in [0.05, 0.1) is 7.11 Å². The van der Waals surface area contributed by atoms with E-state index in [1.54, 1.807) is 7.11 Å². The molecule has 0 unspecified atom stereocenters. The van der Waals surface area contributed by atoms with E-state index in [4.69, 9.17) is 4.74 Å². The molecule has 1 rings (SSSR count). The highest BCUT2D eigenvalue weighted by atomic mass is 79.9. The fourth-order valence-corrected chi connectivity index (χ4v) is 1.54. The van der Waals surface area contributed by atoms with E-state index in [1.165, 1.54) is 10.2 Å². The van der Waals surface area contributed by atoms with Crippen LogP contribution in [0.25, 0.3) is 0 Å². The second kappa shape index (κ2) is 3.88. The topological polar surface area (TPSA) is 9.23 Å². The van der Waals surface area contributed by atoms with E-state index < -0.39 is 0 Å². The van der Waals surface area contributed by atoms with Crippen molar-refractivity contribution in [2.45, 2.75) is 4.90 Å². The Hall–Kier alpha value is -0.150. The third-order valence-corrected chi connectivity index (χ3v) is 2.68. The summed E-state index contributed by atoms with van der Waals surface area (Å²) in [5.41, 5.74) is 0. The lowest BCUT2D eigenvalue weighted by Crippen LogP contribution is -1.80. The highest BCUT2D eigenvalue weighted by Gasteiger charge is 1.92. The molecular weight excluding hydrogens is 212 g/mol. The summed E-state index contributed by atoms with van der Waals surface area (Å²) in [6.07, 6.45) is 0. The lowest BCUT2D eigenvalue weighted by molar-refractivity contribution is 0.413. The molecule has 0 radical (unpaired) electrons. The quantitative estimate of drug-likeness (QED) is 0.755. The molecule has 10 heavy (non-hydrogen) atoms. The highest BCUT2D eigenvalue weighted by Crippen LogP contribution is 2.26. The van der Waals surface area contributed by atoms with Gasteiger partial charge in [0.2, 0.25) is 0 Å². The molecule has 1 nitrogen and oxygen atoms in total. The van der Waals surface area contributed by atoms with Gasteiger partial charge in [-0.2, -0.15) is 0 Å². The molecule has 0 aliphatic heterocycles. The lowest BCUT2D eigenvalue weighted by atomic mass is 10.3. The molecule has 0 amide bonds. The number of ether oxygens (including phenoxy) is 1. The van der Waals surface area contributed by atoms with Gasteiger partial charge in [-0.1, -0.05) is 6.07 Å². The van der Waals surface area contributed by atoms with E-state index in [0.29, 0.717) is 0 Å². The van der Waals surface area contributed by atoms with Crippen LogP contribution in [-0.4, -0.2) is 7.11 Å². The Balaban J connectivity index is 2.87. The Labute approximate surface area is 72.0 Å². The van der Waals surface area contributed by atoms with Crippen LogP contribution in [0.1, 0.15) is 0 Å². The predicted molar refractivity (Wildman–Crippen MR) is 47.8 cm³/mol. The Morgan fingerprint density at radius 1 is 1.50 bits per heavy atom. The number of rotatable bonds is 2. The second-order valence-corrected chi connectivity index (χ2v) is 3.35. The fraction of sp³-hybridized carbons (Fsp3) is 0.143. The molecule has 0 aliphatic carbocycles. The zero-order chi connectivity index (χ0) is 7.40. The van der Waals surface area contributed by atoms with Crippen LogP contribution >= 0.6 is 25.0 Å². The Morgan fingerprint density at radius 2 is 2.30 bits per heavy atom. The van der Waals surface area contributed by atoms with Gasteiger partial charge in [0, 0.05) is 4.90 Å². The van der Waals surface area contributed by atoms with Gasteiger partial charge in [-0.3, -0.25) is 0 Å². The van der Waals surface area contributed by atoms with Crippen LogP contribution in [0.2, 0.25) is 0 Å². The first kappa shape index (κ1) is 7.95. The average Bonchev–Trinajstić information content (AvgIpc) is 2.05. The van der Waals surface area contributed by atoms with Crippen molar-refractivity contribution in [3.05, 3.63) is 24.3 Å². The van der Waals surface area contributed by atoms with Crippen LogP contribution in [0.5, 0.6) is 5.75 Å². The minimum Gasteiger partial charge on any atom is -0.497 e. The van der Waals surface area contributed by atoms with Gasteiger partial charge in [-0.15, -0.1) is 0 Å². The molecule has 0 saturated heterocycles. The van der Waals surface area contributed by atoms with Crippen molar-refractivity contribution in [3.63, 3.8) is 0 Å². The molecular formula is C7H7BrOS. The molecule has 3 heteroatoms. The smallest absolute Gasteiger partial charge is 0.120 e. The first-order chi connectivity index (χ1) is 4.86. The first-order valence-electron chi connectivity index (χ1n) is 2.79. The standard InChI is InChI=1S/C7H7BrOS/c1-9-6-3-2-4-7(5-6)10-8/h2-5H,1H3. The van der Waals surface area contributed by atoms with Crippen molar-refractivity contribution in [1.82, 2.24) is 0 Å². The number of hydrogen-bond acceptors (Lipinski definition) is 2. The first-order valence-corrected chi connectivity index (χ1v) is 5.45. The number of benzene rings is 1. The zero-order valence-electron chi connectivity index (χ0n) is 5.50. The van der Waals surface area contributed by atoms with Crippen molar-refractivity contribution in [2.75, 3.05) is 7.11 Å². The maximum absolute atomic E-state index is 5.02. The van der Waals surface area contributed by atoms with Gasteiger partial charge in [0.25, 0.3) is 0 Å². The highest BCUT2D eigenvalue weighted by molar-refractivity contribution is 9.50. The van der Waals surface area contributed by atoms with Gasteiger partial charge in [-0.05, 0) is 43.2 Å². The largest absolute Gasteiger partial charge is 0.497 e. The number of halogens is 1. The van der Waals surface area contributed by atoms with Crippen molar-refractivity contribution in [3.8, 4) is 5.75 Å². The molecule has 0 heterocycles. The van der Waals surface area contributed by atoms with Gasteiger partial charge in [0.1, 0.15) is 5.75 Å². The van der Waals surface area contributed by atoms with E-state index in [2.05, 4.69) is 14.8 Å². The molecule has 0 aromatic heterocycles. The molecule has 0 aliphatic rings. The van der Waals surface area contributed by atoms with Crippen molar-refractivity contribution >= 4 is 25.0 Å². The molecule has 0 saturated carbocycles. The van der Waals surface area contributed by atoms with Crippen molar-refractivity contribution in [1.29, 1.82) is 0 Å². The van der Waals surface area contributed by atoms with Crippen LogP contribution in [-0.2, 0) is 0 Å². The van der Waals surface area contributed by atoms with E-state index in [9.17, 15) is 0 Å². The van der Waals surface area contributed by atoms with E-state index in [-0.39, 0.29) is 0 Å². The van der Waals surface area contributed by atoms with Crippen LogP contribution in [0.4, 0.5) is 0 Å². The summed E-state index contributed by atoms with van der Waals surface area (Å²) >= 11 is 3.28. The van der Waals surface area contributed by atoms with Crippen LogP contribution in [0.3, 0.4) is 0 Å². The summed E-state index contributed by atoms with van der Waals surface area (Å²) < 4.78 is 5.02. The summed E-state index contributed by atoms with van der Waals surface area (Å²) in [5.74, 6) is 0.893. The van der Waals surface area contributed by atoms with E-state index >= 15 is 0 Å². The van der Waals surface area contributed by atoms with Gasteiger partial charge in [-0.25, -0.2) is 0 Å². The Morgan fingerprint density at radius 3 is 2.90 bits per heavy atom. The van der Waals surface area contributed by atoms with Crippen LogP contribution < -0.4 is 4.74 Å². The maximum atomic E-state index is 5.02. The third-order valence-electron chi connectivity index (χ3n) is 1.13. The zero-order valence-corrected chi connectivity index (χ0v) is 7.91. The normalized spacial score (nSPS) is 9.40. The third kappa shape index (κ3) is 1.92. The van der Waals surface area contributed by atoms with Gasteiger partial charge in [0.15, 0.2) is 0 Å². The number of hydrogen-bond donors (Lipinski definition) is 0. The molecule has 0 N–H and O–H groups in total. The molecule has 1 aromatic carbocycles. The Kier molecular flexibility index (Phi) is 3.09. The summed E-state index contributed by atoms with van der Waals surface area (Å²) in [4.78, 5) is 1.15. The monoisotopic (exact) mass is 218 g/mol. The minimum absolute atomic E-state index is 0.893. The molecule has 54 valence electrons. The van der Waals surface area contributed by atoms with E-state index in [1.807, 2.05) is 24.3 Å². The number of methoxy groups -OCH3 is 1. The van der Waals surface area contributed by atoms with Gasteiger partial charge >= 0.3 is 0 Å². The van der Waals surface area contributed by atoms with Crippen molar-refractivity contribution < 1.29 is 4.74 Å².